The Morgan fingerprint density at radius 3 is 2.29 bits per heavy atom. The molecule has 0 spiro atoms. The van der Waals surface area contributed by atoms with Gasteiger partial charge in [0.25, 0.3) is 5.91 Å². The minimum absolute atomic E-state index is 0.00586. The van der Waals surface area contributed by atoms with Gasteiger partial charge in [-0.25, -0.2) is 4.79 Å². The normalized spacial score (nSPS) is 27.4. The van der Waals surface area contributed by atoms with Gasteiger partial charge in [-0.1, -0.05) is 0 Å². The van der Waals surface area contributed by atoms with Crippen LogP contribution in [0.25, 0.3) is 0 Å². The lowest BCUT2D eigenvalue weighted by Crippen LogP contribution is -2.64. The maximum atomic E-state index is 12.9. The molecule has 1 unspecified atom stereocenters. The van der Waals surface area contributed by atoms with Crippen molar-refractivity contribution >= 4 is 23.7 Å². The molecule has 0 aromatic heterocycles. The SMILES string of the molecule is CC(=O)N(C(=O)[C@H](C)NC(=O)C(C)O[C@@H]1[C@@H](N)[C@@H](O)O[C@H](CO)[C@H]1O)[C@@H](CCCCN)C(=O)O. The molecule has 14 heteroatoms. The number of nitrogens with one attached hydrogen (secondary N) is 1. The highest BCUT2D eigenvalue weighted by Crippen LogP contribution is 2.22. The summed E-state index contributed by atoms with van der Waals surface area (Å²) < 4.78 is 10.5. The number of carbonyl (C=O) groups excluding carboxylic acids is 3. The van der Waals surface area contributed by atoms with Crippen molar-refractivity contribution in [3.8, 4) is 0 Å². The largest absolute Gasteiger partial charge is 0.480 e. The minimum Gasteiger partial charge on any atom is -0.480 e. The number of aliphatic hydroxyl groups is 3. The molecule has 0 aromatic rings. The number of imide groups is 1. The number of nitrogens with zero attached hydrogens (tertiary/aromatic N) is 1. The van der Waals surface area contributed by atoms with E-state index in [1.807, 2.05) is 0 Å². The Balaban J connectivity index is 2.87. The number of carbonyl (C=O) groups is 4. The Bertz CT molecular complexity index is 723. The van der Waals surface area contributed by atoms with Gasteiger partial charge >= 0.3 is 5.97 Å². The van der Waals surface area contributed by atoms with Gasteiger partial charge in [0, 0.05) is 6.92 Å². The van der Waals surface area contributed by atoms with Crippen LogP contribution in [0.4, 0.5) is 0 Å². The number of ether oxygens (including phenoxy) is 2. The van der Waals surface area contributed by atoms with Crippen LogP contribution in [0.2, 0.25) is 0 Å². The summed E-state index contributed by atoms with van der Waals surface area (Å²) in [6.45, 7) is 3.33. The van der Waals surface area contributed by atoms with Crippen molar-refractivity contribution in [3.63, 3.8) is 0 Å². The molecule has 1 aliphatic rings. The van der Waals surface area contributed by atoms with E-state index < -0.39 is 79.1 Å². The standard InChI is InChI=1S/C20H36N4O10/c1-9(18(29)24(11(3)26)12(19(30)31)6-4-5-7-21)23-17(28)10(2)33-16-14(22)20(32)34-13(8-25)15(16)27/h9-10,12-16,20,25,27,32H,4-8,21-22H2,1-3H3,(H,23,28)(H,30,31)/t9-,10?,12-,13+,14+,15+,16+,20-/m0/s1. The monoisotopic (exact) mass is 492 g/mol. The molecule has 9 N–H and O–H groups in total. The minimum atomic E-state index is -1.56. The lowest BCUT2D eigenvalue weighted by atomic mass is 9.97. The quantitative estimate of drug-likeness (QED) is 0.132. The summed E-state index contributed by atoms with van der Waals surface area (Å²) in [4.78, 5) is 49.8. The maximum absolute atomic E-state index is 12.9. The molecule has 1 aliphatic heterocycles. The van der Waals surface area contributed by atoms with Gasteiger partial charge in [-0.05, 0) is 39.7 Å². The van der Waals surface area contributed by atoms with Gasteiger partial charge in [0.15, 0.2) is 6.29 Å². The maximum Gasteiger partial charge on any atom is 0.326 e. The molecule has 1 heterocycles. The van der Waals surface area contributed by atoms with Crippen LogP contribution in [0.3, 0.4) is 0 Å². The second-order valence-corrected chi connectivity index (χ2v) is 8.15. The Morgan fingerprint density at radius 2 is 1.79 bits per heavy atom. The molecule has 34 heavy (non-hydrogen) atoms. The third-order valence-corrected chi connectivity index (χ3v) is 5.49. The van der Waals surface area contributed by atoms with E-state index >= 15 is 0 Å². The van der Waals surface area contributed by atoms with Crippen molar-refractivity contribution < 1.29 is 49.1 Å². The van der Waals surface area contributed by atoms with Crippen LogP contribution in [0.1, 0.15) is 40.0 Å². The van der Waals surface area contributed by atoms with Crippen LogP contribution in [-0.4, -0.2) is 111 Å². The van der Waals surface area contributed by atoms with E-state index in [0.29, 0.717) is 24.3 Å². The van der Waals surface area contributed by atoms with Crippen molar-refractivity contribution in [2.45, 2.75) is 88.9 Å². The van der Waals surface area contributed by atoms with E-state index in [1.165, 1.54) is 13.8 Å². The average Bonchev–Trinajstić information content (AvgIpc) is 2.77. The van der Waals surface area contributed by atoms with Crippen LogP contribution < -0.4 is 16.8 Å². The van der Waals surface area contributed by atoms with Gasteiger partial charge in [-0.2, -0.15) is 0 Å². The van der Waals surface area contributed by atoms with Crippen molar-refractivity contribution in [2.24, 2.45) is 11.5 Å². The van der Waals surface area contributed by atoms with E-state index in [1.54, 1.807) is 0 Å². The smallest absolute Gasteiger partial charge is 0.326 e. The number of carboxylic acids is 1. The fourth-order valence-electron chi connectivity index (χ4n) is 3.55. The summed E-state index contributed by atoms with van der Waals surface area (Å²) >= 11 is 0. The summed E-state index contributed by atoms with van der Waals surface area (Å²) in [6.07, 6.45) is -5.86. The van der Waals surface area contributed by atoms with Gasteiger partial charge in [0.2, 0.25) is 11.8 Å². The molecule has 196 valence electrons. The summed E-state index contributed by atoms with van der Waals surface area (Å²) in [5.41, 5.74) is 11.2. The third kappa shape index (κ3) is 7.66. The molecule has 0 bridgehead atoms. The number of unbranched alkanes of at least 4 members (excludes halogenated alkanes) is 1. The first-order chi connectivity index (χ1) is 15.9. The summed E-state index contributed by atoms with van der Waals surface area (Å²) in [7, 11) is 0. The van der Waals surface area contributed by atoms with Crippen LogP contribution >= 0.6 is 0 Å². The van der Waals surface area contributed by atoms with E-state index in [9.17, 15) is 39.6 Å². The summed E-state index contributed by atoms with van der Waals surface area (Å²) in [6, 6.07) is -3.94. The number of rotatable bonds is 12. The fourth-order valence-corrected chi connectivity index (χ4v) is 3.55. The van der Waals surface area contributed by atoms with E-state index in [-0.39, 0.29) is 6.42 Å². The molecule has 0 radical (unpaired) electrons. The van der Waals surface area contributed by atoms with Crippen molar-refractivity contribution in [1.29, 1.82) is 0 Å². The lowest BCUT2D eigenvalue weighted by Gasteiger charge is -2.41. The number of aliphatic hydroxyl groups excluding tert-OH is 3. The topological polar surface area (TPSA) is 235 Å². The van der Waals surface area contributed by atoms with Crippen LogP contribution in [-0.2, 0) is 28.7 Å². The first-order valence-electron chi connectivity index (χ1n) is 11.0. The van der Waals surface area contributed by atoms with Gasteiger partial charge in [-0.15, -0.1) is 0 Å². The predicted octanol–water partition coefficient (Wildman–Crippen LogP) is -3.38. The fraction of sp³-hybridized carbons (Fsp3) is 0.800. The summed E-state index contributed by atoms with van der Waals surface area (Å²) in [5.74, 6) is -3.90. The molecular weight excluding hydrogens is 456 g/mol. The number of hydrogen-bond donors (Lipinski definition) is 7. The number of hydrogen-bond acceptors (Lipinski definition) is 11. The first-order valence-corrected chi connectivity index (χ1v) is 11.0. The molecule has 0 aromatic carbocycles. The van der Waals surface area contributed by atoms with Crippen molar-refractivity contribution in [2.75, 3.05) is 13.2 Å². The van der Waals surface area contributed by atoms with E-state index in [4.69, 9.17) is 20.9 Å². The summed E-state index contributed by atoms with van der Waals surface area (Å²) in [5, 5.41) is 41.2. The van der Waals surface area contributed by atoms with E-state index in [0.717, 1.165) is 6.92 Å². The molecular formula is C20H36N4O10. The van der Waals surface area contributed by atoms with Crippen LogP contribution in [0.15, 0.2) is 0 Å². The van der Waals surface area contributed by atoms with Gasteiger partial charge in [0.05, 0.1) is 12.6 Å². The zero-order valence-electron chi connectivity index (χ0n) is 19.5. The van der Waals surface area contributed by atoms with Gasteiger partial charge in [-0.3, -0.25) is 19.3 Å². The molecule has 8 atom stereocenters. The number of amides is 3. The highest BCUT2D eigenvalue weighted by molar-refractivity contribution is 6.01. The van der Waals surface area contributed by atoms with E-state index in [2.05, 4.69) is 5.32 Å². The number of nitrogens with two attached hydrogens (primary N) is 2. The second kappa shape index (κ2) is 13.6. The molecule has 1 fully saturated rings. The van der Waals surface area contributed by atoms with Crippen molar-refractivity contribution in [1.82, 2.24) is 10.2 Å². The van der Waals surface area contributed by atoms with Crippen LogP contribution in [0, 0.1) is 0 Å². The Morgan fingerprint density at radius 1 is 1.18 bits per heavy atom. The Labute approximate surface area is 197 Å². The predicted molar refractivity (Wildman–Crippen MR) is 116 cm³/mol. The van der Waals surface area contributed by atoms with Gasteiger partial charge in [0.1, 0.15) is 36.5 Å². The average molecular weight is 493 g/mol. The zero-order chi connectivity index (χ0) is 26.2. The zero-order valence-corrected chi connectivity index (χ0v) is 19.5. The molecule has 1 rings (SSSR count). The molecule has 14 nitrogen and oxygen atoms in total. The number of carboxylic acid groups (broad SMARTS) is 1. The highest BCUT2D eigenvalue weighted by Gasteiger charge is 2.45. The third-order valence-electron chi connectivity index (χ3n) is 5.49. The molecule has 3 amide bonds. The molecule has 0 aliphatic carbocycles. The number of aliphatic carboxylic acids is 1. The molecule has 0 saturated carbocycles. The lowest BCUT2D eigenvalue weighted by molar-refractivity contribution is -0.261. The first kappa shape index (κ1) is 29.8. The van der Waals surface area contributed by atoms with Crippen molar-refractivity contribution in [3.05, 3.63) is 0 Å². The van der Waals surface area contributed by atoms with Gasteiger partial charge < -0.3 is 46.7 Å². The Hall–Kier alpha value is -2.20. The second-order valence-electron chi connectivity index (χ2n) is 8.15. The Kier molecular flexibility index (Phi) is 12.0. The highest BCUT2D eigenvalue weighted by atomic mass is 16.6. The van der Waals surface area contributed by atoms with Crippen LogP contribution in [0.5, 0.6) is 0 Å². The molecule has 1 saturated heterocycles.